The summed E-state index contributed by atoms with van der Waals surface area (Å²) in [4.78, 5) is 7.53. The molecule has 0 radical (unpaired) electrons. The van der Waals surface area contributed by atoms with Gasteiger partial charge in [0.15, 0.2) is 0 Å². The van der Waals surface area contributed by atoms with Crippen molar-refractivity contribution in [3.8, 4) is 0 Å². The zero-order valence-corrected chi connectivity index (χ0v) is 8.11. The summed E-state index contributed by atoms with van der Waals surface area (Å²) >= 11 is 0. The lowest BCUT2D eigenvalue weighted by atomic mass is 10.3. The first-order valence-electron chi connectivity index (χ1n) is 4.45. The molecular formula is C10H8F2N4. The normalized spacial score (nSPS) is 10.1. The molecule has 82 valence electrons. The van der Waals surface area contributed by atoms with Gasteiger partial charge in [-0.25, -0.2) is 18.7 Å². The van der Waals surface area contributed by atoms with E-state index in [9.17, 15) is 8.78 Å². The number of aromatic nitrogens is 2. The van der Waals surface area contributed by atoms with Crippen LogP contribution in [0.4, 0.5) is 26.1 Å². The van der Waals surface area contributed by atoms with E-state index in [4.69, 9.17) is 5.73 Å². The van der Waals surface area contributed by atoms with Gasteiger partial charge < -0.3 is 11.1 Å². The molecule has 1 aromatic heterocycles. The Morgan fingerprint density at radius 2 is 1.94 bits per heavy atom. The van der Waals surface area contributed by atoms with E-state index < -0.39 is 11.6 Å². The third-order valence-corrected chi connectivity index (χ3v) is 1.88. The van der Waals surface area contributed by atoms with E-state index in [1.807, 2.05) is 0 Å². The average Bonchev–Trinajstić information content (AvgIpc) is 2.22. The highest BCUT2D eigenvalue weighted by molar-refractivity contribution is 5.58. The third kappa shape index (κ3) is 2.22. The molecule has 0 atom stereocenters. The molecule has 2 aromatic rings. The van der Waals surface area contributed by atoms with Crippen molar-refractivity contribution >= 4 is 17.3 Å². The molecule has 1 aromatic carbocycles. The lowest BCUT2D eigenvalue weighted by Crippen LogP contribution is -1.99. The Kier molecular flexibility index (Phi) is 2.63. The Morgan fingerprint density at radius 1 is 1.12 bits per heavy atom. The zero-order valence-electron chi connectivity index (χ0n) is 8.11. The summed E-state index contributed by atoms with van der Waals surface area (Å²) in [6, 6.07) is 4.66. The molecule has 0 aliphatic heterocycles. The van der Waals surface area contributed by atoms with Crippen LogP contribution in [0.5, 0.6) is 0 Å². The van der Waals surface area contributed by atoms with Crippen LogP contribution in [0.2, 0.25) is 0 Å². The number of hydrogen-bond acceptors (Lipinski definition) is 4. The van der Waals surface area contributed by atoms with E-state index in [0.717, 1.165) is 12.1 Å². The monoisotopic (exact) mass is 222 g/mol. The van der Waals surface area contributed by atoms with Crippen molar-refractivity contribution in [3.05, 3.63) is 42.2 Å². The lowest BCUT2D eigenvalue weighted by molar-refractivity contribution is 0.586. The van der Waals surface area contributed by atoms with Gasteiger partial charge in [0.2, 0.25) is 0 Å². The number of anilines is 3. The zero-order chi connectivity index (χ0) is 11.5. The first-order valence-corrected chi connectivity index (χ1v) is 4.45. The van der Waals surface area contributed by atoms with Crippen molar-refractivity contribution in [2.75, 3.05) is 11.1 Å². The fraction of sp³-hybridized carbons (Fsp3) is 0. The predicted octanol–water partition coefficient (Wildman–Crippen LogP) is 2.08. The Bertz CT molecular complexity index is 516. The average molecular weight is 222 g/mol. The van der Waals surface area contributed by atoms with Gasteiger partial charge in [-0.15, -0.1) is 0 Å². The Hall–Kier alpha value is -2.24. The summed E-state index contributed by atoms with van der Waals surface area (Å²) < 4.78 is 25.9. The maximum absolute atomic E-state index is 13.3. The highest BCUT2D eigenvalue weighted by Crippen LogP contribution is 2.19. The summed E-state index contributed by atoms with van der Waals surface area (Å²) in [5.41, 5.74) is 5.55. The van der Waals surface area contributed by atoms with Gasteiger partial charge in [0, 0.05) is 12.1 Å². The maximum Gasteiger partial charge on any atom is 0.149 e. The molecule has 0 saturated heterocycles. The number of rotatable bonds is 2. The molecular weight excluding hydrogens is 214 g/mol. The molecule has 2 rings (SSSR count). The highest BCUT2D eigenvalue weighted by atomic mass is 19.1. The summed E-state index contributed by atoms with van der Waals surface area (Å²) in [6.07, 6.45) is 1.25. The van der Waals surface area contributed by atoms with Crippen molar-refractivity contribution in [3.63, 3.8) is 0 Å². The second kappa shape index (κ2) is 4.09. The van der Waals surface area contributed by atoms with Gasteiger partial charge in [-0.2, -0.15) is 0 Å². The Balaban J connectivity index is 2.27. The number of benzene rings is 1. The van der Waals surface area contributed by atoms with E-state index in [1.165, 1.54) is 18.5 Å². The molecule has 0 saturated carbocycles. The van der Waals surface area contributed by atoms with Crippen LogP contribution in [0.3, 0.4) is 0 Å². The van der Waals surface area contributed by atoms with Crippen LogP contribution < -0.4 is 11.1 Å². The Labute approximate surface area is 90.1 Å². The number of nitrogens with zero attached hydrogens (tertiary/aromatic N) is 2. The minimum Gasteiger partial charge on any atom is -0.384 e. The van der Waals surface area contributed by atoms with E-state index >= 15 is 0 Å². The van der Waals surface area contributed by atoms with Crippen LogP contribution in [0, 0.1) is 11.6 Å². The van der Waals surface area contributed by atoms with Crippen LogP contribution in [0.15, 0.2) is 30.6 Å². The summed E-state index contributed by atoms with van der Waals surface area (Å²) in [5.74, 6) is -0.722. The van der Waals surface area contributed by atoms with Crippen LogP contribution >= 0.6 is 0 Å². The van der Waals surface area contributed by atoms with Crippen molar-refractivity contribution in [1.82, 2.24) is 9.97 Å². The number of nitrogen functional groups attached to an aromatic ring is 1. The maximum atomic E-state index is 13.3. The molecule has 16 heavy (non-hydrogen) atoms. The lowest BCUT2D eigenvalue weighted by Gasteiger charge is -2.06. The third-order valence-electron chi connectivity index (χ3n) is 1.88. The molecule has 3 N–H and O–H groups in total. The van der Waals surface area contributed by atoms with E-state index in [0.29, 0.717) is 5.82 Å². The van der Waals surface area contributed by atoms with Gasteiger partial charge >= 0.3 is 0 Å². The smallest absolute Gasteiger partial charge is 0.149 e. The fourth-order valence-electron chi connectivity index (χ4n) is 1.17. The molecule has 1 heterocycles. The minimum absolute atomic E-state index is 0.125. The predicted molar refractivity (Wildman–Crippen MR) is 56.1 cm³/mol. The van der Waals surface area contributed by atoms with Gasteiger partial charge in [-0.05, 0) is 12.1 Å². The first kappa shape index (κ1) is 10.3. The minimum atomic E-state index is -0.697. The van der Waals surface area contributed by atoms with Gasteiger partial charge in [0.1, 0.15) is 29.6 Å². The molecule has 6 heteroatoms. The van der Waals surface area contributed by atoms with Crippen molar-refractivity contribution in [1.29, 1.82) is 0 Å². The fourth-order valence-corrected chi connectivity index (χ4v) is 1.17. The highest BCUT2D eigenvalue weighted by Gasteiger charge is 2.04. The van der Waals surface area contributed by atoms with Gasteiger partial charge in [0.05, 0.1) is 5.69 Å². The summed E-state index contributed by atoms with van der Waals surface area (Å²) in [7, 11) is 0. The Morgan fingerprint density at radius 3 is 2.62 bits per heavy atom. The molecule has 4 nitrogen and oxygen atoms in total. The number of nitrogens with one attached hydrogen (secondary N) is 1. The van der Waals surface area contributed by atoms with Crippen molar-refractivity contribution in [2.45, 2.75) is 0 Å². The van der Waals surface area contributed by atoms with Gasteiger partial charge in [0.25, 0.3) is 0 Å². The summed E-state index contributed by atoms with van der Waals surface area (Å²) in [5, 5.41) is 2.67. The topological polar surface area (TPSA) is 63.8 Å². The van der Waals surface area contributed by atoms with Crippen molar-refractivity contribution in [2.24, 2.45) is 0 Å². The standard InChI is InChI=1S/C10H8F2N4/c11-6-1-2-8(7(12)3-6)16-10-4-9(13)14-5-15-10/h1-5H,(H3,13,14,15,16). The number of halogens is 2. The first-order chi connectivity index (χ1) is 7.65. The van der Waals surface area contributed by atoms with E-state index in [-0.39, 0.29) is 11.5 Å². The second-order valence-electron chi connectivity index (χ2n) is 3.08. The van der Waals surface area contributed by atoms with Crippen molar-refractivity contribution < 1.29 is 8.78 Å². The quantitative estimate of drug-likeness (QED) is 0.816. The largest absolute Gasteiger partial charge is 0.384 e. The molecule has 0 unspecified atom stereocenters. The second-order valence-corrected chi connectivity index (χ2v) is 3.08. The molecule has 0 aliphatic rings. The number of nitrogens with two attached hydrogens (primary N) is 1. The molecule has 0 fully saturated rings. The van der Waals surface area contributed by atoms with Gasteiger partial charge in [-0.1, -0.05) is 0 Å². The molecule has 0 spiro atoms. The molecule has 0 amide bonds. The van der Waals surface area contributed by atoms with E-state index in [2.05, 4.69) is 15.3 Å². The van der Waals surface area contributed by atoms with Gasteiger partial charge in [-0.3, -0.25) is 0 Å². The molecule has 0 aliphatic carbocycles. The number of hydrogen-bond donors (Lipinski definition) is 2. The SMILES string of the molecule is Nc1cc(Nc2ccc(F)cc2F)ncn1. The van der Waals surface area contributed by atoms with E-state index in [1.54, 1.807) is 0 Å². The summed E-state index contributed by atoms with van der Waals surface area (Å²) in [6.45, 7) is 0. The van der Waals surface area contributed by atoms with Crippen LogP contribution in [0.1, 0.15) is 0 Å². The van der Waals surface area contributed by atoms with Crippen LogP contribution in [-0.2, 0) is 0 Å². The van der Waals surface area contributed by atoms with Crippen LogP contribution in [-0.4, -0.2) is 9.97 Å². The van der Waals surface area contributed by atoms with Crippen LogP contribution in [0.25, 0.3) is 0 Å². The molecule has 0 bridgehead atoms.